The molecule has 2 atom stereocenters. The number of aliphatic carboxylic acids is 1. The first-order chi connectivity index (χ1) is 27.7. The highest BCUT2D eigenvalue weighted by Gasteiger charge is 2.51. The van der Waals surface area contributed by atoms with Gasteiger partial charge < -0.3 is 35.0 Å². The molecule has 6 rings (SSSR count). The summed E-state index contributed by atoms with van der Waals surface area (Å²) in [5.41, 5.74) is 10.6. The van der Waals surface area contributed by atoms with E-state index in [0.717, 1.165) is 66.8 Å². The van der Waals surface area contributed by atoms with Crippen molar-refractivity contribution in [1.29, 1.82) is 0 Å². The molecule has 12 heteroatoms. The molecule has 3 aromatic rings. The van der Waals surface area contributed by atoms with Gasteiger partial charge in [0.05, 0.1) is 65.6 Å². The van der Waals surface area contributed by atoms with Crippen molar-refractivity contribution in [2.75, 3.05) is 20.3 Å². The molecule has 0 spiro atoms. The SMILES string of the molecule is C=Cc1c(C)c2cc3nc(cc4[nH]c(cc5nc(cc1[nH]2)C(C)=C5CCC(=O)NC(C)(C)COC(C)(C)CO)c(CCC(=O)O)c4C)C1(C)C3=CC=C(C)C1C(=O)OC. The Balaban J connectivity index is 1.58. The van der Waals surface area contributed by atoms with Crippen molar-refractivity contribution in [3.63, 3.8) is 0 Å². The van der Waals surface area contributed by atoms with Gasteiger partial charge in [-0.05, 0) is 133 Å². The van der Waals surface area contributed by atoms with Crippen LogP contribution in [-0.4, -0.2) is 79.5 Å². The normalized spacial score (nSPS) is 17.9. The topological polar surface area (TPSA) is 180 Å². The van der Waals surface area contributed by atoms with Gasteiger partial charge in [0.15, 0.2) is 0 Å². The third kappa shape index (κ3) is 8.33. The molecule has 3 aromatic heterocycles. The summed E-state index contributed by atoms with van der Waals surface area (Å²) in [7, 11) is 1.40. The van der Waals surface area contributed by atoms with Gasteiger partial charge in [-0.25, -0.2) is 4.98 Å². The van der Waals surface area contributed by atoms with Gasteiger partial charge in [-0.3, -0.25) is 19.4 Å². The number of rotatable bonds is 13. The number of allylic oxidation sites excluding steroid dienone is 5. The molecule has 0 aromatic carbocycles. The number of carbonyl (C=O) groups excluding carboxylic acids is 2. The Hall–Kier alpha value is -5.59. The molecule has 312 valence electrons. The molecule has 5 N–H and O–H groups in total. The van der Waals surface area contributed by atoms with Crippen LogP contribution in [0.4, 0.5) is 0 Å². The number of carboxylic acids is 1. The van der Waals surface area contributed by atoms with E-state index in [0.29, 0.717) is 29.0 Å². The Morgan fingerprint density at radius 3 is 2.22 bits per heavy atom. The van der Waals surface area contributed by atoms with E-state index in [2.05, 4.69) is 21.9 Å². The van der Waals surface area contributed by atoms with Crippen LogP contribution >= 0.6 is 0 Å². The fourth-order valence-electron chi connectivity index (χ4n) is 8.43. The van der Waals surface area contributed by atoms with Crippen LogP contribution in [0.2, 0.25) is 0 Å². The molecule has 8 bridgehead atoms. The van der Waals surface area contributed by atoms with E-state index in [9.17, 15) is 24.6 Å². The van der Waals surface area contributed by atoms with Gasteiger partial charge in [0, 0.05) is 40.5 Å². The van der Waals surface area contributed by atoms with Gasteiger partial charge in [0.1, 0.15) is 0 Å². The van der Waals surface area contributed by atoms with Crippen LogP contribution in [0.3, 0.4) is 0 Å². The van der Waals surface area contributed by atoms with E-state index >= 15 is 0 Å². The second-order valence-corrected chi connectivity index (χ2v) is 17.4. The molecule has 1 amide bonds. The van der Waals surface area contributed by atoms with Crippen molar-refractivity contribution >= 4 is 62.7 Å². The maximum atomic E-state index is 13.6. The van der Waals surface area contributed by atoms with Crippen molar-refractivity contribution in [2.45, 2.75) is 105 Å². The van der Waals surface area contributed by atoms with Crippen LogP contribution in [0, 0.1) is 19.8 Å². The van der Waals surface area contributed by atoms with Crippen molar-refractivity contribution in [2.24, 2.45) is 5.92 Å². The average molecular weight is 804 g/mol. The van der Waals surface area contributed by atoms with Gasteiger partial charge in [0.2, 0.25) is 5.91 Å². The maximum Gasteiger partial charge on any atom is 0.314 e. The highest BCUT2D eigenvalue weighted by molar-refractivity contribution is 5.95. The third-order valence-electron chi connectivity index (χ3n) is 12.0. The number of esters is 1. The Bertz CT molecular complexity index is 2510. The molecule has 5 heterocycles. The zero-order valence-electron chi connectivity index (χ0n) is 35.9. The summed E-state index contributed by atoms with van der Waals surface area (Å²) in [6.07, 6.45) is 6.54. The van der Waals surface area contributed by atoms with Gasteiger partial charge in [-0.15, -0.1) is 0 Å². The number of methoxy groups -OCH3 is 1. The lowest BCUT2D eigenvalue weighted by molar-refractivity contribution is -0.145. The molecular weight excluding hydrogens is 747 g/mol. The number of nitrogens with one attached hydrogen (secondary N) is 3. The highest BCUT2D eigenvalue weighted by Crippen LogP contribution is 2.52. The molecular formula is C47H57N5O7. The molecule has 3 aliphatic rings. The third-order valence-corrected chi connectivity index (χ3v) is 12.0. The number of aryl methyl sites for hydroxylation is 3. The summed E-state index contributed by atoms with van der Waals surface area (Å²) in [4.78, 5) is 56.6. The first-order valence-corrected chi connectivity index (χ1v) is 20.1. The second-order valence-electron chi connectivity index (χ2n) is 17.4. The van der Waals surface area contributed by atoms with E-state index in [1.165, 1.54) is 7.11 Å². The van der Waals surface area contributed by atoms with Crippen LogP contribution in [0.1, 0.15) is 113 Å². The van der Waals surface area contributed by atoms with Crippen molar-refractivity contribution in [3.8, 4) is 0 Å². The van der Waals surface area contributed by atoms with Crippen LogP contribution in [-0.2, 0) is 35.7 Å². The minimum Gasteiger partial charge on any atom is -0.481 e. The number of hydrogen-bond donors (Lipinski definition) is 5. The first-order valence-electron chi connectivity index (χ1n) is 20.1. The number of aliphatic hydroxyl groups excluding tert-OH is 1. The monoisotopic (exact) mass is 803 g/mol. The predicted molar refractivity (Wildman–Crippen MR) is 232 cm³/mol. The molecule has 2 aliphatic heterocycles. The summed E-state index contributed by atoms with van der Waals surface area (Å²) in [5, 5.41) is 22.5. The quantitative estimate of drug-likeness (QED) is 0.107. The smallest absolute Gasteiger partial charge is 0.314 e. The molecule has 12 nitrogen and oxygen atoms in total. The molecule has 0 saturated carbocycles. The van der Waals surface area contributed by atoms with Crippen molar-refractivity contribution in [3.05, 3.63) is 93.6 Å². The van der Waals surface area contributed by atoms with Crippen LogP contribution < -0.4 is 5.32 Å². The van der Waals surface area contributed by atoms with E-state index < -0.39 is 28.4 Å². The molecule has 0 radical (unpaired) electrons. The zero-order valence-corrected chi connectivity index (χ0v) is 35.9. The van der Waals surface area contributed by atoms with Crippen molar-refractivity contribution < 1.29 is 34.1 Å². The van der Waals surface area contributed by atoms with Crippen LogP contribution in [0.5, 0.6) is 0 Å². The second kappa shape index (κ2) is 16.2. The predicted octanol–water partition coefficient (Wildman–Crippen LogP) is 8.08. The number of aliphatic hydroxyl groups is 1. The van der Waals surface area contributed by atoms with E-state index in [-0.39, 0.29) is 44.4 Å². The van der Waals surface area contributed by atoms with E-state index in [1.54, 1.807) is 13.8 Å². The lowest BCUT2D eigenvalue weighted by atomic mass is 9.64. The highest BCUT2D eigenvalue weighted by atomic mass is 16.5. The van der Waals surface area contributed by atoms with E-state index in [4.69, 9.17) is 19.4 Å². The molecule has 0 fully saturated rings. The van der Waals surface area contributed by atoms with Gasteiger partial charge in [-0.1, -0.05) is 30.4 Å². The zero-order chi connectivity index (χ0) is 43.2. The summed E-state index contributed by atoms with van der Waals surface area (Å²) in [6, 6.07) is 7.92. The summed E-state index contributed by atoms with van der Waals surface area (Å²) in [5.74, 6) is -2.08. The van der Waals surface area contributed by atoms with Gasteiger partial charge in [0.25, 0.3) is 0 Å². The van der Waals surface area contributed by atoms with Crippen LogP contribution in [0.15, 0.2) is 48.6 Å². The molecule has 0 saturated heterocycles. The number of nitrogens with zero attached hydrogens (tertiary/aromatic N) is 2. The maximum absolute atomic E-state index is 13.6. The minimum absolute atomic E-state index is 0.0844. The lowest BCUT2D eigenvalue weighted by Gasteiger charge is -2.36. The molecule has 1 aliphatic carbocycles. The number of aromatic amines is 2. The minimum atomic E-state index is -0.916. The molecule has 59 heavy (non-hydrogen) atoms. The number of carboxylic acid groups (broad SMARTS) is 1. The number of H-pyrrole nitrogens is 2. The number of ether oxygens (including phenoxy) is 2. The number of fused-ring (bicyclic) bond motifs is 11. The van der Waals surface area contributed by atoms with Crippen molar-refractivity contribution in [1.82, 2.24) is 25.3 Å². The Labute approximate surface area is 345 Å². The first kappa shape index (κ1) is 43.0. The van der Waals surface area contributed by atoms with Gasteiger partial charge in [-0.2, -0.15) is 0 Å². The summed E-state index contributed by atoms with van der Waals surface area (Å²) in [6.45, 7) is 21.5. The summed E-state index contributed by atoms with van der Waals surface area (Å²) < 4.78 is 11.3. The Morgan fingerprint density at radius 2 is 1.56 bits per heavy atom. The average Bonchev–Trinajstić information content (AvgIpc) is 3.82. The van der Waals surface area contributed by atoms with E-state index in [1.807, 2.05) is 91.0 Å². The standard InChI is InChI=1S/C47H57N5O7/c1-12-29-26(3)34-20-39-32-16-13-25(2)43(44(57)58-11)47(32,10)40(51-39)22-35-28(5)31(15-18-42(55)56)38(50-35)21-37-30(27(4)33(49-37)19-36(29)48-34)14-17-41(54)52-45(6,7)24-59-46(8,9)23-53/h12-13,16,19-22,43,48,50,53H,1,14-15,17-18,23-24H2,2-11H3,(H,52,54)(H,55,56). The number of carbonyl (C=O) groups is 3. The molecule has 2 unspecified atom stereocenters. The number of aromatic nitrogens is 4. The fraction of sp³-hybridized carbons (Fsp3) is 0.426. The van der Waals surface area contributed by atoms with Gasteiger partial charge >= 0.3 is 11.9 Å². The largest absolute Gasteiger partial charge is 0.481 e. The number of hydrogen-bond acceptors (Lipinski definition) is 8. The Kier molecular flexibility index (Phi) is 11.8. The Morgan fingerprint density at radius 1 is 0.898 bits per heavy atom. The summed E-state index contributed by atoms with van der Waals surface area (Å²) >= 11 is 0. The lowest BCUT2D eigenvalue weighted by Crippen LogP contribution is -2.49. The van der Waals surface area contributed by atoms with Crippen LogP contribution in [0.25, 0.3) is 44.9 Å². The number of amides is 1. The fourth-order valence-corrected chi connectivity index (χ4v) is 8.43.